The molecule has 2 rings (SSSR count). The molecule has 0 unspecified atom stereocenters. The van der Waals surface area contributed by atoms with E-state index in [1.54, 1.807) is 0 Å². The highest BCUT2D eigenvalue weighted by Crippen LogP contribution is 2.07. The lowest BCUT2D eigenvalue weighted by Crippen LogP contribution is -2.40. The maximum absolute atomic E-state index is 11.2. The van der Waals surface area contributed by atoms with Crippen LogP contribution in [-0.4, -0.2) is 66.0 Å². The smallest absolute Gasteiger partial charge is 0.0600 e. The molecule has 2 aliphatic heterocycles. The van der Waals surface area contributed by atoms with E-state index in [9.17, 15) is 4.21 Å². The van der Waals surface area contributed by atoms with Gasteiger partial charge in [0, 0.05) is 41.9 Å². The highest BCUT2D eigenvalue weighted by molar-refractivity contribution is 7.85. The van der Waals surface area contributed by atoms with Crippen molar-refractivity contribution < 1.29 is 8.95 Å². The minimum atomic E-state index is -0.561. The topological polar surface area (TPSA) is 41.6 Å². The van der Waals surface area contributed by atoms with Crippen molar-refractivity contribution in [1.29, 1.82) is 0 Å². The molecule has 16 heavy (non-hydrogen) atoms. The molecule has 0 spiro atoms. The van der Waals surface area contributed by atoms with Crippen LogP contribution in [-0.2, 0) is 15.5 Å². The molecule has 0 amide bonds. The van der Waals surface area contributed by atoms with Gasteiger partial charge in [-0.15, -0.1) is 0 Å². The SMILES string of the molecule is O=S1CCN(CCOC2CCNCC2)CC1. The highest BCUT2D eigenvalue weighted by Gasteiger charge is 2.16. The lowest BCUT2D eigenvalue weighted by molar-refractivity contribution is 0.0212. The van der Waals surface area contributed by atoms with Crippen LogP contribution >= 0.6 is 0 Å². The quantitative estimate of drug-likeness (QED) is 0.747. The van der Waals surface area contributed by atoms with Gasteiger partial charge in [0.05, 0.1) is 12.7 Å². The molecule has 0 aromatic heterocycles. The fraction of sp³-hybridized carbons (Fsp3) is 1.00. The average Bonchev–Trinajstić information content (AvgIpc) is 2.33. The van der Waals surface area contributed by atoms with E-state index < -0.39 is 10.8 Å². The number of piperidine rings is 1. The number of hydrogen-bond acceptors (Lipinski definition) is 4. The Kier molecular flexibility index (Phi) is 5.22. The second-order valence-corrected chi connectivity index (χ2v) is 6.21. The molecule has 1 N–H and O–H groups in total. The van der Waals surface area contributed by atoms with Crippen LogP contribution < -0.4 is 5.32 Å². The molecule has 0 bridgehead atoms. The van der Waals surface area contributed by atoms with Crippen molar-refractivity contribution in [2.45, 2.75) is 18.9 Å². The molecule has 2 saturated heterocycles. The zero-order valence-electron chi connectivity index (χ0n) is 9.82. The van der Waals surface area contributed by atoms with Crippen molar-refractivity contribution in [3.63, 3.8) is 0 Å². The first-order valence-electron chi connectivity index (χ1n) is 6.24. The van der Waals surface area contributed by atoms with Crippen LogP contribution in [0.3, 0.4) is 0 Å². The maximum atomic E-state index is 11.2. The molecule has 0 radical (unpaired) electrons. The second-order valence-electron chi connectivity index (χ2n) is 4.51. The van der Waals surface area contributed by atoms with Gasteiger partial charge in [-0.3, -0.25) is 9.11 Å². The fourth-order valence-corrected chi connectivity index (χ4v) is 3.34. The van der Waals surface area contributed by atoms with Crippen molar-refractivity contribution in [2.75, 3.05) is 50.8 Å². The number of nitrogens with zero attached hydrogens (tertiary/aromatic N) is 1. The van der Waals surface area contributed by atoms with Gasteiger partial charge in [-0.05, 0) is 25.9 Å². The van der Waals surface area contributed by atoms with Crippen LogP contribution in [0, 0.1) is 0 Å². The molecule has 0 aromatic carbocycles. The van der Waals surface area contributed by atoms with Crippen molar-refractivity contribution in [3.05, 3.63) is 0 Å². The van der Waals surface area contributed by atoms with Crippen molar-refractivity contribution in [3.8, 4) is 0 Å². The Morgan fingerprint density at radius 1 is 1.25 bits per heavy atom. The molecule has 5 heteroatoms. The Morgan fingerprint density at radius 2 is 1.94 bits per heavy atom. The standard InChI is InChI=1S/C11H22N2O2S/c14-16-9-6-13(7-10-16)5-8-15-11-1-3-12-4-2-11/h11-12H,1-10H2. The van der Waals surface area contributed by atoms with E-state index in [1.807, 2.05) is 0 Å². The average molecular weight is 246 g/mol. The van der Waals surface area contributed by atoms with Crippen molar-refractivity contribution in [1.82, 2.24) is 10.2 Å². The number of nitrogens with one attached hydrogen (secondary N) is 1. The summed E-state index contributed by atoms with van der Waals surface area (Å²) in [6, 6.07) is 0. The van der Waals surface area contributed by atoms with Crippen LogP contribution in [0.4, 0.5) is 0 Å². The molecule has 2 fully saturated rings. The maximum Gasteiger partial charge on any atom is 0.0600 e. The summed E-state index contributed by atoms with van der Waals surface area (Å²) in [6.07, 6.45) is 2.74. The van der Waals surface area contributed by atoms with Gasteiger partial charge in [-0.25, -0.2) is 0 Å². The molecule has 4 nitrogen and oxygen atoms in total. The number of hydrogen-bond donors (Lipinski definition) is 1. The van der Waals surface area contributed by atoms with Crippen molar-refractivity contribution >= 4 is 10.8 Å². The van der Waals surface area contributed by atoms with Crippen LogP contribution in [0.25, 0.3) is 0 Å². The Labute approximate surface area is 100 Å². The third-order valence-corrected chi connectivity index (χ3v) is 4.59. The van der Waals surface area contributed by atoms with Gasteiger partial charge in [0.1, 0.15) is 0 Å². The zero-order valence-corrected chi connectivity index (χ0v) is 10.6. The molecular weight excluding hydrogens is 224 g/mol. The van der Waals surface area contributed by atoms with E-state index in [0.717, 1.165) is 63.7 Å². The largest absolute Gasteiger partial charge is 0.377 e. The lowest BCUT2D eigenvalue weighted by Gasteiger charge is -2.28. The summed E-state index contributed by atoms with van der Waals surface area (Å²) < 4.78 is 17.0. The Bertz CT molecular complexity index is 222. The first-order chi connectivity index (χ1) is 7.84. The summed E-state index contributed by atoms with van der Waals surface area (Å²) in [7, 11) is -0.561. The second kappa shape index (κ2) is 6.69. The summed E-state index contributed by atoms with van der Waals surface area (Å²) in [5, 5.41) is 3.34. The third kappa shape index (κ3) is 4.13. The summed E-state index contributed by atoms with van der Waals surface area (Å²) in [5.41, 5.74) is 0. The Morgan fingerprint density at radius 3 is 2.62 bits per heavy atom. The van der Waals surface area contributed by atoms with Gasteiger partial charge in [0.2, 0.25) is 0 Å². The van der Waals surface area contributed by atoms with Crippen molar-refractivity contribution in [2.24, 2.45) is 0 Å². The molecule has 2 heterocycles. The van der Waals surface area contributed by atoms with Gasteiger partial charge in [-0.2, -0.15) is 0 Å². The summed E-state index contributed by atoms with van der Waals surface area (Å²) in [4.78, 5) is 2.36. The lowest BCUT2D eigenvalue weighted by atomic mass is 10.1. The molecule has 0 aromatic rings. The molecule has 94 valence electrons. The van der Waals surface area contributed by atoms with Gasteiger partial charge < -0.3 is 10.1 Å². The molecule has 0 atom stereocenters. The first-order valence-corrected chi connectivity index (χ1v) is 7.73. The minimum Gasteiger partial charge on any atom is -0.377 e. The predicted octanol–water partition coefficient (Wildman–Crippen LogP) is -0.181. The third-order valence-electron chi connectivity index (χ3n) is 3.32. The minimum absolute atomic E-state index is 0.458. The van der Waals surface area contributed by atoms with Crippen LogP contribution in [0.2, 0.25) is 0 Å². The molecule has 0 saturated carbocycles. The van der Waals surface area contributed by atoms with E-state index in [2.05, 4.69) is 10.2 Å². The van der Waals surface area contributed by atoms with Crippen LogP contribution in [0.1, 0.15) is 12.8 Å². The summed E-state index contributed by atoms with van der Waals surface area (Å²) >= 11 is 0. The van der Waals surface area contributed by atoms with Crippen LogP contribution in [0.15, 0.2) is 0 Å². The number of rotatable bonds is 4. The van der Waals surface area contributed by atoms with E-state index >= 15 is 0 Å². The first kappa shape index (κ1) is 12.5. The van der Waals surface area contributed by atoms with Crippen LogP contribution in [0.5, 0.6) is 0 Å². The Balaban J connectivity index is 1.55. The molecular formula is C11H22N2O2S. The summed E-state index contributed by atoms with van der Waals surface area (Å²) in [5.74, 6) is 1.68. The summed E-state index contributed by atoms with van der Waals surface area (Å²) in [6.45, 7) is 5.96. The zero-order chi connectivity index (χ0) is 11.2. The normalized spacial score (nSPS) is 26.0. The fourth-order valence-electron chi connectivity index (χ4n) is 2.21. The van der Waals surface area contributed by atoms with Gasteiger partial charge >= 0.3 is 0 Å². The molecule has 2 aliphatic rings. The van der Waals surface area contributed by atoms with E-state index in [1.165, 1.54) is 0 Å². The predicted molar refractivity (Wildman–Crippen MR) is 66.2 cm³/mol. The monoisotopic (exact) mass is 246 g/mol. The van der Waals surface area contributed by atoms with E-state index in [-0.39, 0.29) is 0 Å². The van der Waals surface area contributed by atoms with E-state index in [0.29, 0.717) is 6.10 Å². The van der Waals surface area contributed by atoms with Gasteiger partial charge in [-0.1, -0.05) is 0 Å². The Hall–Kier alpha value is 0.0300. The van der Waals surface area contributed by atoms with Gasteiger partial charge in [0.25, 0.3) is 0 Å². The van der Waals surface area contributed by atoms with Gasteiger partial charge in [0.15, 0.2) is 0 Å². The van der Waals surface area contributed by atoms with E-state index in [4.69, 9.17) is 4.74 Å². The molecule has 0 aliphatic carbocycles. The highest BCUT2D eigenvalue weighted by atomic mass is 32.2. The number of ether oxygens (including phenoxy) is 1.